The van der Waals surface area contributed by atoms with Gasteiger partial charge in [-0.3, -0.25) is 20.2 Å². The molecule has 13 heteroatoms. The van der Waals surface area contributed by atoms with Gasteiger partial charge in [0.2, 0.25) is 6.17 Å². The van der Waals surface area contributed by atoms with Gasteiger partial charge in [-0.25, -0.2) is 19.7 Å². The van der Waals surface area contributed by atoms with E-state index in [-0.39, 0.29) is 19.8 Å². The molecule has 0 saturated heterocycles. The molecule has 160 valence electrons. The van der Waals surface area contributed by atoms with E-state index in [0.717, 1.165) is 13.8 Å². The number of hydrogen-bond donors (Lipinski definition) is 3. The second-order valence-electron chi connectivity index (χ2n) is 4.86. The summed E-state index contributed by atoms with van der Waals surface area (Å²) in [5.74, 6) is -4.76. The predicted molar refractivity (Wildman–Crippen MR) is 90.5 cm³/mol. The monoisotopic (exact) mass is 407 g/mol. The van der Waals surface area contributed by atoms with Crippen LogP contribution in [-0.4, -0.2) is 62.1 Å². The lowest BCUT2D eigenvalue weighted by Gasteiger charge is -2.37. The van der Waals surface area contributed by atoms with E-state index >= 15 is 0 Å². The highest BCUT2D eigenvalue weighted by Crippen LogP contribution is 2.17. The summed E-state index contributed by atoms with van der Waals surface area (Å²) in [5, 5.41) is 6.22. The van der Waals surface area contributed by atoms with Gasteiger partial charge in [0.1, 0.15) is 0 Å². The Morgan fingerprint density at radius 2 is 1.07 bits per heavy atom. The number of nitrogens with one attached hydrogen (secondary N) is 3. The molecule has 3 N–H and O–H groups in total. The number of carbonyl (C=O) groups is 5. The average molecular weight is 407 g/mol. The molecule has 0 rings (SSSR count). The second-order valence-corrected chi connectivity index (χ2v) is 4.86. The van der Waals surface area contributed by atoms with Crippen molar-refractivity contribution in [3.8, 4) is 0 Å². The molecule has 0 aromatic carbocycles. The summed E-state index contributed by atoms with van der Waals surface area (Å²) in [6, 6.07) is 0. The summed E-state index contributed by atoms with van der Waals surface area (Å²) in [6.07, 6.45) is -5.19. The maximum atomic E-state index is 11.9. The van der Waals surface area contributed by atoms with E-state index in [0.29, 0.717) is 0 Å². The van der Waals surface area contributed by atoms with Crippen molar-refractivity contribution < 1.29 is 47.7 Å². The van der Waals surface area contributed by atoms with Gasteiger partial charge < -0.3 is 23.7 Å². The molecule has 28 heavy (non-hydrogen) atoms. The van der Waals surface area contributed by atoms with Gasteiger partial charge in [-0.1, -0.05) is 0 Å². The Kier molecular flexibility index (Phi) is 10.8. The Morgan fingerprint density at radius 1 is 0.714 bits per heavy atom. The first kappa shape index (κ1) is 24.8. The molecule has 0 bridgehead atoms. The Hall–Kier alpha value is -3.25. The van der Waals surface area contributed by atoms with E-state index in [1.807, 2.05) is 5.32 Å². The van der Waals surface area contributed by atoms with E-state index < -0.39 is 42.3 Å². The Balaban J connectivity index is 6.11. The number of ether oxygens (including phenoxy) is 5. The first-order valence-corrected chi connectivity index (χ1v) is 8.30. The highest BCUT2D eigenvalue weighted by molar-refractivity contribution is 5.75. The van der Waals surface area contributed by atoms with Crippen molar-refractivity contribution >= 4 is 30.2 Å². The number of rotatable bonds is 9. The van der Waals surface area contributed by atoms with Crippen LogP contribution in [0.5, 0.6) is 0 Å². The molecule has 0 saturated carbocycles. The summed E-state index contributed by atoms with van der Waals surface area (Å²) >= 11 is 0. The van der Waals surface area contributed by atoms with E-state index in [1.54, 1.807) is 0 Å². The maximum absolute atomic E-state index is 11.9. The van der Waals surface area contributed by atoms with Gasteiger partial charge in [0.15, 0.2) is 0 Å². The lowest BCUT2D eigenvalue weighted by Crippen LogP contribution is -2.71. The third-order valence-electron chi connectivity index (χ3n) is 2.60. The summed E-state index contributed by atoms with van der Waals surface area (Å²) in [6.45, 7) is 6.22. The summed E-state index contributed by atoms with van der Waals surface area (Å²) in [7, 11) is 0. The molecule has 0 heterocycles. The highest BCUT2D eigenvalue weighted by atomic mass is 16.8. The van der Waals surface area contributed by atoms with Crippen molar-refractivity contribution in [2.24, 2.45) is 0 Å². The Bertz CT molecular complexity index is 544. The molecule has 0 atom stereocenters. The third-order valence-corrected chi connectivity index (χ3v) is 2.60. The fraction of sp³-hybridized carbons (Fsp3) is 0.667. The quantitative estimate of drug-likeness (QED) is 0.275. The van der Waals surface area contributed by atoms with Crippen LogP contribution < -0.4 is 16.0 Å². The van der Waals surface area contributed by atoms with Crippen LogP contribution in [0.2, 0.25) is 0 Å². The molecule has 13 nitrogen and oxygen atoms in total. The van der Waals surface area contributed by atoms with Crippen molar-refractivity contribution in [3.05, 3.63) is 0 Å². The van der Waals surface area contributed by atoms with Crippen molar-refractivity contribution in [3.63, 3.8) is 0 Å². The molecule has 0 radical (unpaired) electrons. The molecule has 0 aliphatic carbocycles. The van der Waals surface area contributed by atoms with Crippen molar-refractivity contribution in [1.82, 2.24) is 16.0 Å². The Morgan fingerprint density at radius 3 is 1.39 bits per heavy atom. The minimum atomic E-state index is -2.70. The van der Waals surface area contributed by atoms with Gasteiger partial charge >= 0.3 is 36.1 Å². The molecule has 0 aromatic rings. The standard InChI is InChI=1S/C15H25N3O10/c1-6-24-12(21)16-11(17-13(22)25-7-2)15(27-9(4)19,28-10(5)20)18-14(23)26-8-3/h11H,6-8H2,1-5H3,(H,16,21)(H,17,22)(H,18,23). The van der Waals surface area contributed by atoms with Crippen LogP contribution in [0.4, 0.5) is 14.4 Å². The van der Waals surface area contributed by atoms with E-state index in [1.165, 1.54) is 20.8 Å². The highest BCUT2D eigenvalue weighted by Gasteiger charge is 2.51. The summed E-state index contributed by atoms with van der Waals surface area (Å²) in [4.78, 5) is 58.9. The lowest BCUT2D eigenvalue weighted by atomic mass is 10.3. The smallest absolute Gasteiger partial charge is 0.413 e. The van der Waals surface area contributed by atoms with Crippen LogP contribution in [-0.2, 0) is 33.3 Å². The molecular weight excluding hydrogens is 382 g/mol. The Labute approximate surface area is 161 Å². The van der Waals surface area contributed by atoms with Gasteiger partial charge in [-0.05, 0) is 20.8 Å². The van der Waals surface area contributed by atoms with E-state index in [2.05, 4.69) is 10.6 Å². The molecule has 0 aliphatic heterocycles. The predicted octanol–water partition coefficient (Wildman–Crippen LogP) is 0.331. The molecule has 0 aliphatic rings. The van der Waals surface area contributed by atoms with Crippen molar-refractivity contribution in [2.45, 2.75) is 46.7 Å². The number of carbonyl (C=O) groups excluding carboxylic acids is 5. The summed E-state index contributed by atoms with van der Waals surface area (Å²) < 4.78 is 24.0. The van der Waals surface area contributed by atoms with Crippen LogP contribution in [0.1, 0.15) is 34.6 Å². The number of amides is 3. The largest absolute Gasteiger partial charge is 0.450 e. The molecular formula is C15H25N3O10. The van der Waals surface area contributed by atoms with Crippen molar-refractivity contribution in [1.29, 1.82) is 0 Å². The van der Waals surface area contributed by atoms with Crippen LogP contribution in [0.15, 0.2) is 0 Å². The fourth-order valence-electron chi connectivity index (χ4n) is 1.81. The molecule has 3 amide bonds. The average Bonchev–Trinajstić information content (AvgIpc) is 2.53. The third kappa shape index (κ3) is 8.91. The topological polar surface area (TPSA) is 168 Å². The summed E-state index contributed by atoms with van der Waals surface area (Å²) in [5.41, 5.74) is 0. The SMILES string of the molecule is CCOC(=O)NC(NC(=O)OCC)C(NC(=O)OCC)(OC(C)=O)OC(C)=O. The van der Waals surface area contributed by atoms with Gasteiger partial charge in [0, 0.05) is 13.8 Å². The first-order chi connectivity index (χ1) is 13.1. The normalized spacial score (nSPS) is 10.4. The molecule has 0 fully saturated rings. The van der Waals surface area contributed by atoms with Gasteiger partial charge in [-0.2, -0.15) is 0 Å². The zero-order chi connectivity index (χ0) is 21.7. The van der Waals surface area contributed by atoms with E-state index in [4.69, 9.17) is 23.7 Å². The minimum absolute atomic E-state index is 0.0443. The minimum Gasteiger partial charge on any atom is -0.450 e. The molecule has 0 aromatic heterocycles. The van der Waals surface area contributed by atoms with Crippen LogP contribution >= 0.6 is 0 Å². The van der Waals surface area contributed by atoms with Gasteiger partial charge in [0.25, 0.3) is 0 Å². The zero-order valence-corrected chi connectivity index (χ0v) is 16.3. The number of hydrogen-bond acceptors (Lipinski definition) is 10. The number of alkyl carbamates (subject to hydrolysis) is 3. The second kappa shape index (κ2) is 12.2. The maximum Gasteiger partial charge on any atom is 0.413 e. The number of esters is 2. The fourth-order valence-corrected chi connectivity index (χ4v) is 1.81. The lowest BCUT2D eigenvalue weighted by molar-refractivity contribution is -0.248. The van der Waals surface area contributed by atoms with Crippen LogP contribution in [0, 0.1) is 0 Å². The van der Waals surface area contributed by atoms with Crippen molar-refractivity contribution in [2.75, 3.05) is 19.8 Å². The van der Waals surface area contributed by atoms with Crippen LogP contribution in [0.3, 0.4) is 0 Å². The van der Waals surface area contributed by atoms with Gasteiger partial charge in [0.05, 0.1) is 19.8 Å². The molecule has 0 spiro atoms. The van der Waals surface area contributed by atoms with E-state index in [9.17, 15) is 24.0 Å². The van der Waals surface area contributed by atoms with Gasteiger partial charge in [-0.15, -0.1) is 0 Å². The van der Waals surface area contributed by atoms with Crippen LogP contribution in [0.25, 0.3) is 0 Å². The zero-order valence-electron chi connectivity index (χ0n) is 16.3. The first-order valence-electron chi connectivity index (χ1n) is 8.30. The molecule has 0 unspecified atom stereocenters.